The first-order valence-electron chi connectivity index (χ1n) is 5.00. The van der Waals surface area contributed by atoms with Gasteiger partial charge in [-0.25, -0.2) is 4.98 Å². The zero-order valence-corrected chi connectivity index (χ0v) is 11.0. The monoisotopic (exact) mass is 294 g/mol. The molecule has 2 aromatic rings. The Morgan fingerprint density at radius 2 is 2.29 bits per heavy atom. The molecule has 2 aromatic heterocycles. The Bertz CT molecular complexity index is 564. The maximum atomic E-state index is 12.0. The summed E-state index contributed by atoms with van der Waals surface area (Å²) in [5, 5.41) is 6.90. The molecule has 0 fully saturated rings. The number of carbonyl (C=O) groups excluding carboxylic acids is 1. The van der Waals surface area contributed by atoms with Crippen LogP contribution in [0.1, 0.15) is 16.2 Å². The number of anilines is 1. The number of halogens is 1. The fourth-order valence-electron chi connectivity index (χ4n) is 1.49. The van der Waals surface area contributed by atoms with Crippen molar-refractivity contribution in [2.45, 2.75) is 6.92 Å². The number of rotatable bonds is 2. The first kappa shape index (κ1) is 11.8. The van der Waals surface area contributed by atoms with Crippen LogP contribution < -0.4 is 5.32 Å². The van der Waals surface area contributed by atoms with Crippen LogP contribution in [-0.2, 0) is 7.05 Å². The zero-order chi connectivity index (χ0) is 12.4. The van der Waals surface area contributed by atoms with Crippen molar-refractivity contribution in [1.29, 1.82) is 0 Å². The van der Waals surface area contributed by atoms with E-state index in [1.807, 2.05) is 6.92 Å². The number of aryl methyl sites for hydroxylation is 2. The van der Waals surface area contributed by atoms with Crippen LogP contribution in [-0.4, -0.2) is 20.7 Å². The van der Waals surface area contributed by atoms with Crippen molar-refractivity contribution in [3.05, 3.63) is 40.4 Å². The van der Waals surface area contributed by atoms with Crippen LogP contribution >= 0.6 is 15.9 Å². The number of hydrogen-bond acceptors (Lipinski definition) is 3. The zero-order valence-electron chi connectivity index (χ0n) is 9.44. The van der Waals surface area contributed by atoms with Crippen molar-refractivity contribution in [3.63, 3.8) is 0 Å². The van der Waals surface area contributed by atoms with E-state index < -0.39 is 0 Å². The summed E-state index contributed by atoms with van der Waals surface area (Å²) < 4.78 is 2.15. The molecule has 0 aliphatic heterocycles. The van der Waals surface area contributed by atoms with E-state index in [0.29, 0.717) is 16.0 Å². The number of aromatic nitrogens is 3. The van der Waals surface area contributed by atoms with Crippen molar-refractivity contribution in [1.82, 2.24) is 14.8 Å². The van der Waals surface area contributed by atoms with Crippen molar-refractivity contribution < 1.29 is 4.79 Å². The Kier molecular flexibility index (Phi) is 3.23. The third-order valence-electron chi connectivity index (χ3n) is 2.24. The van der Waals surface area contributed by atoms with E-state index >= 15 is 0 Å². The van der Waals surface area contributed by atoms with Crippen LogP contribution in [0.3, 0.4) is 0 Å². The van der Waals surface area contributed by atoms with Gasteiger partial charge in [0, 0.05) is 13.2 Å². The standard InChI is InChI=1S/C11H11BrN4O/c1-7-6-9(16(2)15-7)11(17)14-8-4-3-5-13-10(8)12/h3-6H,1-2H3,(H,14,17). The number of carbonyl (C=O) groups is 1. The van der Waals surface area contributed by atoms with E-state index in [1.165, 1.54) is 0 Å². The van der Waals surface area contributed by atoms with Gasteiger partial charge >= 0.3 is 0 Å². The minimum Gasteiger partial charge on any atom is -0.318 e. The van der Waals surface area contributed by atoms with Gasteiger partial charge in [-0.05, 0) is 41.1 Å². The smallest absolute Gasteiger partial charge is 0.274 e. The molecule has 5 nitrogen and oxygen atoms in total. The van der Waals surface area contributed by atoms with Crippen molar-refractivity contribution in [3.8, 4) is 0 Å². The average Bonchev–Trinajstić information content (AvgIpc) is 2.61. The van der Waals surface area contributed by atoms with Gasteiger partial charge < -0.3 is 5.32 Å². The highest BCUT2D eigenvalue weighted by Gasteiger charge is 2.13. The molecule has 0 aromatic carbocycles. The van der Waals surface area contributed by atoms with E-state index in [-0.39, 0.29) is 5.91 Å². The summed E-state index contributed by atoms with van der Waals surface area (Å²) in [5.74, 6) is -0.207. The van der Waals surface area contributed by atoms with Crippen LogP contribution in [0, 0.1) is 6.92 Å². The average molecular weight is 295 g/mol. The van der Waals surface area contributed by atoms with Gasteiger partial charge in [-0.15, -0.1) is 0 Å². The predicted molar refractivity (Wildman–Crippen MR) is 67.8 cm³/mol. The quantitative estimate of drug-likeness (QED) is 0.863. The molecule has 1 amide bonds. The summed E-state index contributed by atoms with van der Waals surface area (Å²) >= 11 is 3.27. The van der Waals surface area contributed by atoms with Gasteiger partial charge in [0.05, 0.1) is 11.4 Å². The lowest BCUT2D eigenvalue weighted by Crippen LogP contribution is -2.16. The Morgan fingerprint density at radius 3 is 2.88 bits per heavy atom. The number of amides is 1. The molecule has 0 bridgehead atoms. The summed E-state index contributed by atoms with van der Waals surface area (Å²) in [5.41, 5.74) is 1.96. The van der Waals surface area contributed by atoms with Crippen LogP contribution in [0.2, 0.25) is 0 Å². The van der Waals surface area contributed by atoms with E-state index in [9.17, 15) is 4.79 Å². The molecular formula is C11H11BrN4O. The highest BCUT2D eigenvalue weighted by atomic mass is 79.9. The summed E-state index contributed by atoms with van der Waals surface area (Å²) in [4.78, 5) is 16.0. The van der Waals surface area contributed by atoms with Gasteiger partial charge in [0.25, 0.3) is 5.91 Å². The maximum absolute atomic E-state index is 12.0. The molecular weight excluding hydrogens is 284 g/mol. The summed E-state index contributed by atoms with van der Waals surface area (Å²) in [6, 6.07) is 5.27. The molecule has 0 atom stereocenters. The molecule has 6 heteroatoms. The highest BCUT2D eigenvalue weighted by Crippen LogP contribution is 2.19. The first-order chi connectivity index (χ1) is 8.08. The second-order valence-electron chi connectivity index (χ2n) is 3.59. The second kappa shape index (κ2) is 4.67. The number of nitrogens with zero attached hydrogens (tertiary/aromatic N) is 3. The lowest BCUT2D eigenvalue weighted by Gasteiger charge is -2.06. The molecule has 0 radical (unpaired) electrons. The Labute approximate surface area is 107 Å². The molecule has 1 N–H and O–H groups in total. The molecule has 0 saturated heterocycles. The van der Waals surface area contributed by atoms with E-state index in [0.717, 1.165) is 5.69 Å². The largest absolute Gasteiger partial charge is 0.318 e. The fraction of sp³-hybridized carbons (Fsp3) is 0.182. The molecule has 0 unspecified atom stereocenters. The van der Waals surface area contributed by atoms with Gasteiger partial charge in [-0.1, -0.05) is 0 Å². The number of nitrogens with one attached hydrogen (secondary N) is 1. The van der Waals surface area contributed by atoms with Gasteiger partial charge in [-0.2, -0.15) is 5.10 Å². The van der Waals surface area contributed by atoms with Crippen molar-refractivity contribution >= 4 is 27.5 Å². The molecule has 17 heavy (non-hydrogen) atoms. The minimum absolute atomic E-state index is 0.207. The van der Waals surface area contributed by atoms with E-state index in [2.05, 4.69) is 31.3 Å². The third kappa shape index (κ3) is 2.52. The lowest BCUT2D eigenvalue weighted by molar-refractivity contribution is 0.101. The van der Waals surface area contributed by atoms with E-state index in [1.54, 1.807) is 36.1 Å². The Balaban J connectivity index is 2.23. The molecule has 0 saturated carbocycles. The molecule has 0 spiro atoms. The topological polar surface area (TPSA) is 59.8 Å². The number of pyridine rings is 1. The van der Waals surface area contributed by atoms with Gasteiger partial charge in [-0.3, -0.25) is 9.48 Å². The van der Waals surface area contributed by atoms with E-state index in [4.69, 9.17) is 0 Å². The fourth-order valence-corrected chi connectivity index (χ4v) is 1.84. The molecule has 0 aliphatic carbocycles. The number of hydrogen-bond donors (Lipinski definition) is 1. The minimum atomic E-state index is -0.207. The third-order valence-corrected chi connectivity index (χ3v) is 2.87. The van der Waals surface area contributed by atoms with Gasteiger partial charge in [0.2, 0.25) is 0 Å². The van der Waals surface area contributed by atoms with Crippen molar-refractivity contribution in [2.24, 2.45) is 7.05 Å². The van der Waals surface area contributed by atoms with Crippen LogP contribution in [0.5, 0.6) is 0 Å². The Morgan fingerprint density at radius 1 is 1.53 bits per heavy atom. The van der Waals surface area contributed by atoms with Crippen LogP contribution in [0.15, 0.2) is 29.0 Å². The lowest BCUT2D eigenvalue weighted by atomic mass is 10.3. The molecule has 88 valence electrons. The summed E-state index contributed by atoms with van der Waals surface area (Å²) in [7, 11) is 1.74. The maximum Gasteiger partial charge on any atom is 0.274 e. The predicted octanol–water partition coefficient (Wildman–Crippen LogP) is 2.14. The van der Waals surface area contributed by atoms with Crippen LogP contribution in [0.25, 0.3) is 0 Å². The normalized spacial score (nSPS) is 10.3. The summed E-state index contributed by atoms with van der Waals surface area (Å²) in [6.45, 7) is 1.84. The molecule has 2 rings (SSSR count). The first-order valence-corrected chi connectivity index (χ1v) is 5.80. The van der Waals surface area contributed by atoms with Crippen LogP contribution in [0.4, 0.5) is 5.69 Å². The Hall–Kier alpha value is -1.69. The SMILES string of the molecule is Cc1cc(C(=O)Nc2cccnc2Br)n(C)n1. The summed E-state index contributed by atoms with van der Waals surface area (Å²) in [6.07, 6.45) is 1.65. The van der Waals surface area contributed by atoms with Crippen molar-refractivity contribution in [2.75, 3.05) is 5.32 Å². The molecule has 0 aliphatic rings. The molecule has 2 heterocycles. The second-order valence-corrected chi connectivity index (χ2v) is 4.34. The highest BCUT2D eigenvalue weighted by molar-refractivity contribution is 9.10. The van der Waals surface area contributed by atoms with Gasteiger partial charge in [0.15, 0.2) is 0 Å². The van der Waals surface area contributed by atoms with Gasteiger partial charge in [0.1, 0.15) is 10.3 Å².